The van der Waals surface area contributed by atoms with Gasteiger partial charge < -0.3 is 5.11 Å². The third-order valence-corrected chi connectivity index (χ3v) is 2.35. The zero-order valence-corrected chi connectivity index (χ0v) is 10.1. The Hall–Kier alpha value is -1.25. The van der Waals surface area contributed by atoms with E-state index in [1.807, 2.05) is 0 Å². The molecule has 0 radical (unpaired) electrons. The molecule has 1 N–H and O–H groups in total. The highest BCUT2D eigenvalue weighted by Gasteiger charge is 2.12. The summed E-state index contributed by atoms with van der Waals surface area (Å²) in [5.74, 6) is 4.76. The molecule has 6 heteroatoms. The average Bonchev–Trinajstić information content (AvgIpc) is 2.29. The molecule has 4 nitrogen and oxygen atoms in total. The van der Waals surface area contributed by atoms with Crippen LogP contribution in [0.5, 0.6) is 0 Å². The molecule has 0 aliphatic heterocycles. The summed E-state index contributed by atoms with van der Waals surface area (Å²) in [5.41, 5.74) is 0.247. The predicted octanol–water partition coefficient (Wildman–Crippen LogP) is 1.88. The van der Waals surface area contributed by atoms with Crippen molar-refractivity contribution in [2.75, 3.05) is 12.1 Å². The lowest BCUT2D eigenvalue weighted by atomic mass is 10.2. The van der Waals surface area contributed by atoms with Crippen LogP contribution in [-0.4, -0.2) is 33.2 Å². The molecule has 0 fully saturated rings. The van der Waals surface area contributed by atoms with Crippen molar-refractivity contribution < 1.29 is 9.90 Å². The smallest absolute Gasteiger partial charge is 0.355 e. The zero-order valence-electron chi connectivity index (χ0n) is 8.53. The van der Waals surface area contributed by atoms with E-state index in [1.165, 1.54) is 18.0 Å². The first kappa shape index (κ1) is 12.8. The Morgan fingerprint density at radius 1 is 1.69 bits per heavy atom. The largest absolute Gasteiger partial charge is 0.476 e. The highest BCUT2D eigenvalue weighted by Crippen LogP contribution is 2.11. The molecule has 0 aliphatic carbocycles. The summed E-state index contributed by atoms with van der Waals surface area (Å²) in [6.07, 6.45) is 3.70. The number of rotatable bonds is 3. The van der Waals surface area contributed by atoms with Gasteiger partial charge in [0.1, 0.15) is 0 Å². The molecule has 0 saturated heterocycles. The van der Waals surface area contributed by atoms with Gasteiger partial charge in [-0.1, -0.05) is 23.6 Å². The molecule has 0 amide bonds. The molecule has 0 aromatic carbocycles. The summed E-state index contributed by atoms with van der Waals surface area (Å²) in [4.78, 5) is 18.8. The van der Waals surface area contributed by atoms with Gasteiger partial charge in [-0.15, -0.1) is 11.6 Å². The third-order valence-electron chi connectivity index (χ3n) is 1.59. The second kappa shape index (κ2) is 6.36. The first-order valence-corrected chi connectivity index (χ1v) is 6.14. The topological polar surface area (TPSA) is 63.1 Å². The van der Waals surface area contributed by atoms with E-state index in [1.54, 1.807) is 6.26 Å². The number of aromatic carboxylic acids is 1. The Bertz CT molecular complexity index is 454. The fourth-order valence-corrected chi connectivity index (χ4v) is 1.36. The summed E-state index contributed by atoms with van der Waals surface area (Å²) in [6, 6.07) is 0. The molecular formula is C10H9ClN2O2S. The number of aromatic nitrogens is 2. The molecule has 0 spiro atoms. The lowest BCUT2D eigenvalue weighted by Crippen LogP contribution is -2.06. The van der Waals surface area contributed by atoms with E-state index in [0.717, 1.165) is 0 Å². The lowest BCUT2D eigenvalue weighted by molar-refractivity contribution is 0.0689. The molecule has 16 heavy (non-hydrogen) atoms. The Balaban J connectivity index is 3.09. The number of hydrogen-bond acceptors (Lipinski definition) is 4. The fourth-order valence-electron chi connectivity index (χ4n) is 0.923. The Morgan fingerprint density at radius 2 is 2.44 bits per heavy atom. The van der Waals surface area contributed by atoms with Crippen LogP contribution in [-0.2, 0) is 0 Å². The minimum atomic E-state index is -1.10. The van der Waals surface area contributed by atoms with Crippen LogP contribution >= 0.6 is 23.4 Å². The first-order valence-electron chi connectivity index (χ1n) is 4.38. The minimum Gasteiger partial charge on any atom is -0.476 e. The normalized spacial score (nSPS) is 9.38. The number of halogens is 1. The highest BCUT2D eigenvalue weighted by atomic mass is 35.5. The van der Waals surface area contributed by atoms with E-state index in [2.05, 4.69) is 21.8 Å². The van der Waals surface area contributed by atoms with Crippen molar-refractivity contribution in [3.63, 3.8) is 0 Å². The van der Waals surface area contributed by atoms with Crippen molar-refractivity contribution in [3.05, 3.63) is 17.5 Å². The zero-order chi connectivity index (χ0) is 12.0. The maximum atomic E-state index is 10.9. The van der Waals surface area contributed by atoms with Gasteiger partial charge in [0, 0.05) is 18.5 Å². The number of hydrogen-bond donors (Lipinski definition) is 1. The van der Waals surface area contributed by atoms with Crippen LogP contribution in [0.3, 0.4) is 0 Å². The van der Waals surface area contributed by atoms with Crippen LogP contribution < -0.4 is 0 Å². The molecule has 84 valence electrons. The van der Waals surface area contributed by atoms with Crippen molar-refractivity contribution in [2.24, 2.45) is 0 Å². The van der Waals surface area contributed by atoms with Gasteiger partial charge in [-0.3, -0.25) is 0 Å². The van der Waals surface area contributed by atoms with E-state index in [9.17, 15) is 4.79 Å². The maximum Gasteiger partial charge on any atom is 0.355 e. The molecular weight excluding hydrogens is 248 g/mol. The molecule has 0 saturated carbocycles. The van der Waals surface area contributed by atoms with Crippen LogP contribution in [0, 0.1) is 11.8 Å². The van der Waals surface area contributed by atoms with E-state index >= 15 is 0 Å². The highest BCUT2D eigenvalue weighted by molar-refractivity contribution is 7.98. The SMILES string of the molecule is CSc1ncc(C#CCCCl)c(C(=O)O)n1. The van der Waals surface area contributed by atoms with Gasteiger partial charge in [0.15, 0.2) is 10.9 Å². The molecule has 1 heterocycles. The van der Waals surface area contributed by atoms with Crippen LogP contribution in [0.4, 0.5) is 0 Å². The number of carbonyl (C=O) groups is 1. The summed E-state index contributed by atoms with van der Waals surface area (Å²) < 4.78 is 0. The van der Waals surface area contributed by atoms with Gasteiger partial charge in [-0.2, -0.15) is 0 Å². The van der Waals surface area contributed by atoms with Gasteiger partial charge >= 0.3 is 5.97 Å². The average molecular weight is 257 g/mol. The van der Waals surface area contributed by atoms with Crippen molar-refractivity contribution in [3.8, 4) is 11.8 Å². The number of carboxylic acid groups (broad SMARTS) is 1. The summed E-state index contributed by atoms with van der Waals surface area (Å²) in [7, 11) is 0. The predicted molar refractivity (Wildman–Crippen MR) is 63.0 cm³/mol. The monoisotopic (exact) mass is 256 g/mol. The third kappa shape index (κ3) is 3.40. The molecule has 0 bridgehead atoms. The first-order chi connectivity index (χ1) is 7.69. The minimum absolute atomic E-state index is 0.0681. The standard InChI is InChI=1S/C10H9ClN2O2S/c1-16-10-12-6-7(4-2-3-5-11)8(13-10)9(14)15/h6H,3,5H2,1H3,(H,14,15). The van der Waals surface area contributed by atoms with Crippen LogP contribution in [0.2, 0.25) is 0 Å². The second-order valence-corrected chi connectivity index (χ2v) is 3.82. The molecule has 1 aromatic heterocycles. The van der Waals surface area contributed by atoms with Gasteiger partial charge in [-0.25, -0.2) is 14.8 Å². The molecule has 0 unspecified atom stereocenters. The van der Waals surface area contributed by atoms with Crippen LogP contribution in [0.1, 0.15) is 22.5 Å². The number of thioether (sulfide) groups is 1. The molecule has 0 atom stereocenters. The Labute approximate surface area is 102 Å². The quantitative estimate of drug-likeness (QED) is 0.387. The van der Waals surface area contributed by atoms with E-state index < -0.39 is 5.97 Å². The summed E-state index contributed by atoms with van der Waals surface area (Å²) in [5, 5.41) is 9.37. The van der Waals surface area contributed by atoms with Crippen LogP contribution in [0.15, 0.2) is 11.4 Å². The second-order valence-electron chi connectivity index (χ2n) is 2.66. The number of carboxylic acids is 1. The van der Waals surface area contributed by atoms with Gasteiger partial charge in [0.2, 0.25) is 0 Å². The van der Waals surface area contributed by atoms with E-state index in [4.69, 9.17) is 16.7 Å². The van der Waals surface area contributed by atoms with Crippen molar-refractivity contribution in [1.82, 2.24) is 9.97 Å². The Morgan fingerprint density at radius 3 is 3.00 bits per heavy atom. The van der Waals surface area contributed by atoms with Gasteiger partial charge in [0.25, 0.3) is 0 Å². The fraction of sp³-hybridized carbons (Fsp3) is 0.300. The van der Waals surface area contributed by atoms with E-state index in [0.29, 0.717) is 23.0 Å². The molecule has 1 rings (SSSR count). The van der Waals surface area contributed by atoms with E-state index in [-0.39, 0.29) is 5.69 Å². The van der Waals surface area contributed by atoms with Crippen molar-refractivity contribution >= 4 is 29.3 Å². The van der Waals surface area contributed by atoms with Crippen LogP contribution in [0.25, 0.3) is 0 Å². The van der Waals surface area contributed by atoms with Gasteiger partial charge in [-0.05, 0) is 6.26 Å². The molecule has 1 aromatic rings. The number of nitrogens with zero attached hydrogens (tertiary/aromatic N) is 2. The number of alkyl halides is 1. The summed E-state index contributed by atoms with van der Waals surface area (Å²) in [6.45, 7) is 0. The Kier molecular flexibility index (Phi) is 5.09. The maximum absolute atomic E-state index is 10.9. The van der Waals surface area contributed by atoms with Crippen molar-refractivity contribution in [1.29, 1.82) is 0 Å². The van der Waals surface area contributed by atoms with Crippen molar-refractivity contribution in [2.45, 2.75) is 11.6 Å². The lowest BCUT2D eigenvalue weighted by Gasteiger charge is -1.99. The summed E-state index contributed by atoms with van der Waals surface area (Å²) >= 11 is 6.75. The molecule has 0 aliphatic rings. The van der Waals surface area contributed by atoms with Gasteiger partial charge in [0.05, 0.1) is 5.56 Å².